The number of hydrogen-bond donors (Lipinski definition) is 1. The summed E-state index contributed by atoms with van der Waals surface area (Å²) < 4.78 is 0. The van der Waals surface area contributed by atoms with E-state index < -0.39 is 11.9 Å². The largest absolute Gasteiger partial charge is 0.481 e. The fraction of sp³-hybridized carbons (Fsp3) is 0.556. The molecule has 1 saturated heterocycles. The van der Waals surface area contributed by atoms with Crippen molar-refractivity contribution in [2.45, 2.75) is 20.4 Å². The lowest BCUT2D eigenvalue weighted by atomic mass is 9.86. The lowest BCUT2D eigenvalue weighted by molar-refractivity contribution is -0.143. The second-order valence-electron chi connectivity index (χ2n) is 6.81. The number of carbonyl (C=O) groups is 2. The Bertz CT molecular complexity index is 544. The van der Waals surface area contributed by atoms with Gasteiger partial charge >= 0.3 is 5.97 Å². The average Bonchev–Trinajstić information content (AvgIpc) is 2.93. The van der Waals surface area contributed by atoms with Crippen molar-refractivity contribution in [2.24, 2.45) is 17.8 Å². The third-order valence-electron chi connectivity index (χ3n) is 4.59. The van der Waals surface area contributed by atoms with Crippen LogP contribution in [0.1, 0.15) is 19.4 Å². The number of likely N-dealkylation sites (tertiary alicyclic amines) is 1. The molecule has 0 aliphatic carbocycles. The summed E-state index contributed by atoms with van der Waals surface area (Å²) in [5.41, 5.74) is 1.16. The topological polar surface area (TPSA) is 60.9 Å². The van der Waals surface area contributed by atoms with E-state index in [-0.39, 0.29) is 17.7 Å². The van der Waals surface area contributed by atoms with Crippen molar-refractivity contribution in [2.75, 3.05) is 26.7 Å². The van der Waals surface area contributed by atoms with Crippen LogP contribution in [-0.4, -0.2) is 53.5 Å². The van der Waals surface area contributed by atoms with Gasteiger partial charge in [0.15, 0.2) is 0 Å². The van der Waals surface area contributed by atoms with Gasteiger partial charge in [-0.2, -0.15) is 0 Å². The predicted octanol–water partition coefficient (Wildman–Crippen LogP) is 1.93. The first-order chi connectivity index (χ1) is 10.9. The summed E-state index contributed by atoms with van der Waals surface area (Å²) in [5.74, 6) is -0.931. The molecule has 0 spiro atoms. The Kier molecular flexibility index (Phi) is 5.77. The van der Waals surface area contributed by atoms with Crippen LogP contribution in [0.2, 0.25) is 0 Å². The molecule has 1 N–H and O–H groups in total. The van der Waals surface area contributed by atoms with Gasteiger partial charge in [-0.15, -0.1) is 0 Å². The van der Waals surface area contributed by atoms with Crippen molar-refractivity contribution < 1.29 is 14.7 Å². The first-order valence-corrected chi connectivity index (χ1v) is 8.11. The Labute approximate surface area is 137 Å². The number of hydrogen-bond acceptors (Lipinski definition) is 3. The third kappa shape index (κ3) is 4.55. The van der Waals surface area contributed by atoms with E-state index in [2.05, 4.69) is 0 Å². The van der Waals surface area contributed by atoms with Crippen molar-refractivity contribution in [3.63, 3.8) is 0 Å². The molecule has 1 heterocycles. The van der Waals surface area contributed by atoms with E-state index >= 15 is 0 Å². The zero-order valence-electron chi connectivity index (χ0n) is 14.1. The minimum atomic E-state index is -0.795. The zero-order chi connectivity index (χ0) is 17.0. The molecule has 0 aromatic heterocycles. The van der Waals surface area contributed by atoms with Gasteiger partial charge in [-0.25, -0.2) is 0 Å². The molecule has 2 atom stereocenters. The summed E-state index contributed by atoms with van der Waals surface area (Å²) in [5, 5.41) is 9.36. The van der Waals surface area contributed by atoms with Crippen molar-refractivity contribution in [3.8, 4) is 0 Å². The number of carboxylic acids is 1. The summed E-state index contributed by atoms with van der Waals surface area (Å²) in [6.07, 6.45) is 0. The maximum Gasteiger partial charge on any atom is 0.308 e. The molecule has 1 fully saturated rings. The van der Waals surface area contributed by atoms with Gasteiger partial charge in [-0.3, -0.25) is 14.5 Å². The molecule has 2 rings (SSSR count). The number of carbonyl (C=O) groups excluding carboxylic acids is 1. The van der Waals surface area contributed by atoms with Gasteiger partial charge in [0.1, 0.15) is 0 Å². The Morgan fingerprint density at radius 1 is 1.26 bits per heavy atom. The van der Waals surface area contributed by atoms with E-state index in [0.717, 1.165) is 5.56 Å². The lowest BCUT2D eigenvalue weighted by Crippen LogP contribution is -2.38. The van der Waals surface area contributed by atoms with Gasteiger partial charge in [0.25, 0.3) is 0 Å². The standard InChI is InChI=1S/C18H26N2O3/c1-13(2)15-10-20(11-16(15)18(22)23)17(21)12-19(3)9-14-7-5-4-6-8-14/h4-8,13,15-16H,9-12H2,1-3H3,(H,22,23)/t15-,16+/m0/s1. The monoisotopic (exact) mass is 318 g/mol. The molecule has 1 aromatic rings. The number of rotatable bonds is 6. The molecule has 0 unspecified atom stereocenters. The molecule has 1 amide bonds. The van der Waals surface area contributed by atoms with E-state index in [1.807, 2.05) is 56.1 Å². The number of aliphatic carboxylic acids is 1. The highest BCUT2D eigenvalue weighted by Gasteiger charge is 2.40. The molecule has 126 valence electrons. The highest BCUT2D eigenvalue weighted by molar-refractivity contribution is 5.80. The number of nitrogens with zero attached hydrogens (tertiary/aromatic N) is 2. The second kappa shape index (κ2) is 7.59. The van der Waals surface area contributed by atoms with Gasteiger partial charge in [-0.05, 0) is 24.4 Å². The van der Waals surface area contributed by atoms with Crippen LogP contribution in [0.15, 0.2) is 30.3 Å². The summed E-state index contributed by atoms with van der Waals surface area (Å²) in [6.45, 7) is 5.94. The van der Waals surface area contributed by atoms with Crippen molar-refractivity contribution >= 4 is 11.9 Å². The van der Waals surface area contributed by atoms with Crippen LogP contribution < -0.4 is 0 Å². The maximum atomic E-state index is 12.5. The van der Waals surface area contributed by atoms with Crippen molar-refractivity contribution in [3.05, 3.63) is 35.9 Å². The van der Waals surface area contributed by atoms with Crippen molar-refractivity contribution in [1.29, 1.82) is 0 Å². The quantitative estimate of drug-likeness (QED) is 0.871. The van der Waals surface area contributed by atoms with Gasteiger partial charge in [0.2, 0.25) is 5.91 Å². The SMILES string of the molecule is CC(C)[C@@H]1CN(C(=O)CN(C)Cc2ccccc2)C[C@H]1C(=O)O. The normalized spacial score (nSPS) is 21.2. The Morgan fingerprint density at radius 3 is 2.43 bits per heavy atom. The van der Waals surface area contributed by atoms with Gasteiger partial charge in [0, 0.05) is 19.6 Å². The van der Waals surface area contributed by atoms with Crippen LogP contribution in [0.25, 0.3) is 0 Å². The van der Waals surface area contributed by atoms with Crippen LogP contribution in [0, 0.1) is 17.8 Å². The summed E-state index contributed by atoms with van der Waals surface area (Å²) in [4.78, 5) is 27.6. The van der Waals surface area contributed by atoms with Gasteiger partial charge in [0.05, 0.1) is 12.5 Å². The molecule has 0 saturated carbocycles. The highest BCUT2D eigenvalue weighted by atomic mass is 16.4. The third-order valence-corrected chi connectivity index (χ3v) is 4.59. The number of amides is 1. The molecule has 0 radical (unpaired) electrons. The minimum Gasteiger partial charge on any atom is -0.481 e. The molecule has 23 heavy (non-hydrogen) atoms. The molecule has 1 aliphatic rings. The van der Waals surface area contributed by atoms with Crippen LogP contribution >= 0.6 is 0 Å². The molecule has 5 nitrogen and oxygen atoms in total. The van der Waals surface area contributed by atoms with E-state index in [9.17, 15) is 14.7 Å². The molecule has 5 heteroatoms. The van der Waals surface area contributed by atoms with Crippen molar-refractivity contribution in [1.82, 2.24) is 9.80 Å². The minimum absolute atomic E-state index is 0.0119. The fourth-order valence-electron chi connectivity index (χ4n) is 3.25. The van der Waals surface area contributed by atoms with E-state index in [0.29, 0.717) is 26.2 Å². The average molecular weight is 318 g/mol. The predicted molar refractivity (Wildman–Crippen MR) is 88.8 cm³/mol. The second-order valence-corrected chi connectivity index (χ2v) is 6.81. The number of likely N-dealkylation sites (N-methyl/N-ethyl adjacent to an activating group) is 1. The summed E-state index contributed by atoms with van der Waals surface area (Å²) >= 11 is 0. The lowest BCUT2D eigenvalue weighted by Gasteiger charge is -2.22. The van der Waals surface area contributed by atoms with E-state index in [1.54, 1.807) is 4.90 Å². The summed E-state index contributed by atoms with van der Waals surface area (Å²) in [7, 11) is 1.91. The molecule has 1 aromatic carbocycles. The van der Waals surface area contributed by atoms with E-state index in [4.69, 9.17) is 0 Å². The molecule has 1 aliphatic heterocycles. The fourth-order valence-corrected chi connectivity index (χ4v) is 3.25. The van der Waals surface area contributed by atoms with Crippen LogP contribution in [-0.2, 0) is 16.1 Å². The smallest absolute Gasteiger partial charge is 0.308 e. The van der Waals surface area contributed by atoms with E-state index in [1.165, 1.54) is 0 Å². The van der Waals surface area contributed by atoms with Crippen LogP contribution in [0.3, 0.4) is 0 Å². The maximum absolute atomic E-state index is 12.5. The highest BCUT2D eigenvalue weighted by Crippen LogP contribution is 2.30. The first kappa shape index (κ1) is 17.5. The Morgan fingerprint density at radius 2 is 1.91 bits per heavy atom. The van der Waals surface area contributed by atoms with Gasteiger partial charge in [-0.1, -0.05) is 44.2 Å². The first-order valence-electron chi connectivity index (χ1n) is 8.11. The van der Waals surface area contributed by atoms with Gasteiger partial charge < -0.3 is 10.0 Å². The summed E-state index contributed by atoms with van der Waals surface area (Å²) in [6, 6.07) is 10.0. The Hall–Kier alpha value is -1.88. The zero-order valence-corrected chi connectivity index (χ0v) is 14.1. The molecule has 0 bridgehead atoms. The Balaban J connectivity index is 1.92. The van der Waals surface area contributed by atoms with Crippen LogP contribution in [0.4, 0.5) is 0 Å². The molecular formula is C18H26N2O3. The number of carboxylic acid groups (broad SMARTS) is 1. The molecular weight excluding hydrogens is 292 g/mol. The number of benzene rings is 1. The van der Waals surface area contributed by atoms with Crippen LogP contribution in [0.5, 0.6) is 0 Å².